The number of hydrogen-bond donors (Lipinski definition) is 3. The lowest BCUT2D eigenvalue weighted by atomic mass is 9.71. The van der Waals surface area contributed by atoms with Gasteiger partial charge < -0.3 is 20.0 Å². The number of fused-ring (bicyclic) bond motifs is 4. The maximum Gasteiger partial charge on any atom is 0.275 e. The van der Waals surface area contributed by atoms with Crippen molar-refractivity contribution >= 4 is 16.8 Å². The number of carbonyl (C=O) groups is 1. The Balaban J connectivity index is 1.68. The van der Waals surface area contributed by atoms with Gasteiger partial charge in [0.25, 0.3) is 5.91 Å². The van der Waals surface area contributed by atoms with E-state index in [2.05, 4.69) is 16.9 Å². The van der Waals surface area contributed by atoms with Crippen LogP contribution in [0.15, 0.2) is 49.2 Å². The molecular weight excluding hydrogens is 390 g/mol. The summed E-state index contributed by atoms with van der Waals surface area (Å²) in [5.74, 6) is 0.756. The number of hydrogen-bond acceptors (Lipinski definition) is 4. The van der Waals surface area contributed by atoms with Crippen LogP contribution in [-0.4, -0.2) is 63.4 Å². The smallest absolute Gasteiger partial charge is 0.275 e. The Hall–Kier alpha value is -2.28. The minimum Gasteiger partial charge on any atom is -0.394 e. The molecule has 0 saturated carbocycles. The molecule has 6 nitrogen and oxygen atoms in total. The Bertz CT molecular complexity index is 970. The van der Waals surface area contributed by atoms with E-state index in [0.29, 0.717) is 22.9 Å². The third-order valence-corrected chi connectivity index (χ3v) is 7.37. The first-order valence-electron chi connectivity index (χ1n) is 11.2. The number of aliphatic hydroxyl groups excluding tert-OH is 2. The zero-order valence-corrected chi connectivity index (χ0v) is 18.5. The van der Waals surface area contributed by atoms with E-state index in [9.17, 15) is 15.0 Å². The third-order valence-electron chi connectivity index (χ3n) is 7.37. The van der Waals surface area contributed by atoms with Crippen LogP contribution in [-0.2, 0) is 4.79 Å². The molecule has 0 radical (unpaired) electrons. The molecule has 6 heteroatoms. The summed E-state index contributed by atoms with van der Waals surface area (Å²) in [5.41, 5.74) is 1.08. The fourth-order valence-electron chi connectivity index (χ4n) is 5.71. The van der Waals surface area contributed by atoms with E-state index >= 15 is 0 Å². The van der Waals surface area contributed by atoms with Gasteiger partial charge in [-0.2, -0.15) is 0 Å². The molecule has 3 N–H and O–H groups in total. The summed E-state index contributed by atoms with van der Waals surface area (Å²) in [4.78, 5) is 17.5. The van der Waals surface area contributed by atoms with Crippen LogP contribution in [0.25, 0.3) is 10.9 Å². The molecule has 0 spiro atoms. The van der Waals surface area contributed by atoms with Gasteiger partial charge in [0.15, 0.2) is 6.54 Å². The molecule has 1 aromatic carbocycles. The first-order chi connectivity index (χ1) is 14.8. The first-order valence-corrected chi connectivity index (χ1v) is 11.2. The van der Waals surface area contributed by atoms with Gasteiger partial charge in [0.05, 0.1) is 30.8 Å². The summed E-state index contributed by atoms with van der Waals surface area (Å²) in [6, 6.07) is 9.73. The summed E-state index contributed by atoms with van der Waals surface area (Å²) in [6.07, 6.45) is 5.00. The Kier molecular flexibility index (Phi) is 5.90. The zero-order valence-electron chi connectivity index (χ0n) is 18.5. The number of aliphatic hydroxyl groups is 2. The first kappa shape index (κ1) is 21.9. The zero-order chi connectivity index (χ0) is 22.2. The highest BCUT2D eigenvalue weighted by Gasteiger charge is 2.54. The third kappa shape index (κ3) is 4.12. The summed E-state index contributed by atoms with van der Waals surface area (Å²) < 4.78 is 0.554. The quantitative estimate of drug-likeness (QED) is 0.471. The molecule has 166 valence electrons. The summed E-state index contributed by atoms with van der Waals surface area (Å²) in [6.45, 7) is 9.53. The number of amides is 1. The van der Waals surface area contributed by atoms with Crippen molar-refractivity contribution in [3.05, 3.63) is 54.7 Å². The minimum atomic E-state index is -0.680. The van der Waals surface area contributed by atoms with Crippen molar-refractivity contribution in [3.63, 3.8) is 0 Å². The molecule has 1 amide bonds. The fourth-order valence-corrected chi connectivity index (χ4v) is 5.71. The lowest BCUT2D eigenvalue weighted by Gasteiger charge is -2.57. The van der Waals surface area contributed by atoms with Crippen LogP contribution >= 0.6 is 0 Å². The van der Waals surface area contributed by atoms with Gasteiger partial charge in [0.2, 0.25) is 0 Å². The van der Waals surface area contributed by atoms with Crippen molar-refractivity contribution in [2.24, 2.45) is 11.8 Å². The maximum atomic E-state index is 13.0. The molecule has 5 atom stereocenters. The topological polar surface area (TPSA) is 82.5 Å². The van der Waals surface area contributed by atoms with Crippen LogP contribution < -0.4 is 5.32 Å². The molecule has 2 bridgehead atoms. The fraction of sp³-hybridized carbons (Fsp3) is 0.520. The average molecular weight is 425 g/mol. The normalized spacial score (nSPS) is 29.0. The molecule has 4 heterocycles. The Labute approximate surface area is 184 Å². The molecular formula is C25H34N3O3+. The van der Waals surface area contributed by atoms with Crippen LogP contribution in [0.4, 0.5) is 0 Å². The number of pyridine rings is 1. The van der Waals surface area contributed by atoms with Crippen molar-refractivity contribution in [1.29, 1.82) is 0 Å². The molecule has 3 aliphatic heterocycles. The summed E-state index contributed by atoms with van der Waals surface area (Å²) in [5, 5.41) is 25.1. The lowest BCUT2D eigenvalue weighted by molar-refractivity contribution is -0.966. The molecule has 0 aliphatic carbocycles. The van der Waals surface area contributed by atoms with Crippen molar-refractivity contribution in [2.75, 3.05) is 26.2 Å². The molecule has 3 aliphatic rings. The van der Waals surface area contributed by atoms with Crippen molar-refractivity contribution in [2.45, 2.75) is 44.4 Å². The number of carbonyl (C=O) groups excluding carboxylic acids is 1. The summed E-state index contributed by atoms with van der Waals surface area (Å²) in [7, 11) is 0. The number of benzene rings is 1. The van der Waals surface area contributed by atoms with Crippen LogP contribution in [0, 0.1) is 11.8 Å². The SMILES string of the molecule is C=C[C@H]1C[N@+]2(CC(=O)NC(C)(C)CO)CC[C@H]1C[C@@H]2[C@@H](O)c1ccnc2ccccc12. The van der Waals surface area contributed by atoms with Crippen LogP contribution in [0.5, 0.6) is 0 Å². The second-order valence-electron chi connectivity index (χ2n) is 9.99. The van der Waals surface area contributed by atoms with E-state index in [1.807, 2.05) is 50.3 Å². The largest absolute Gasteiger partial charge is 0.394 e. The van der Waals surface area contributed by atoms with Crippen LogP contribution in [0.1, 0.15) is 38.4 Å². The van der Waals surface area contributed by atoms with E-state index < -0.39 is 11.6 Å². The number of aromatic nitrogens is 1. The average Bonchev–Trinajstić information content (AvgIpc) is 2.77. The molecule has 1 aromatic heterocycles. The number of nitrogens with one attached hydrogen (secondary N) is 1. The van der Waals surface area contributed by atoms with E-state index in [4.69, 9.17) is 0 Å². The maximum absolute atomic E-state index is 13.0. The number of rotatable bonds is 7. The van der Waals surface area contributed by atoms with Crippen LogP contribution in [0.3, 0.4) is 0 Å². The number of quaternary nitrogens is 1. The van der Waals surface area contributed by atoms with Gasteiger partial charge in [-0.3, -0.25) is 9.78 Å². The van der Waals surface area contributed by atoms with E-state index in [0.717, 1.165) is 42.4 Å². The van der Waals surface area contributed by atoms with Crippen LogP contribution in [0.2, 0.25) is 0 Å². The number of para-hydroxylation sites is 1. The van der Waals surface area contributed by atoms with Gasteiger partial charge in [-0.1, -0.05) is 24.3 Å². The van der Waals surface area contributed by atoms with Gasteiger partial charge in [-0.05, 0) is 37.5 Å². The van der Waals surface area contributed by atoms with Crippen molar-refractivity contribution in [1.82, 2.24) is 10.3 Å². The highest BCUT2D eigenvalue weighted by atomic mass is 16.3. The highest BCUT2D eigenvalue weighted by molar-refractivity contribution is 5.82. The molecule has 31 heavy (non-hydrogen) atoms. The number of piperidine rings is 3. The molecule has 2 aromatic rings. The van der Waals surface area contributed by atoms with Gasteiger partial charge in [0, 0.05) is 30.3 Å². The second kappa shape index (κ2) is 8.34. The monoisotopic (exact) mass is 424 g/mol. The van der Waals surface area contributed by atoms with Crippen molar-refractivity contribution < 1.29 is 19.5 Å². The van der Waals surface area contributed by atoms with Gasteiger partial charge in [0.1, 0.15) is 12.1 Å². The summed E-state index contributed by atoms with van der Waals surface area (Å²) >= 11 is 0. The Morgan fingerprint density at radius 1 is 1.39 bits per heavy atom. The minimum absolute atomic E-state index is 0.0660. The highest BCUT2D eigenvalue weighted by Crippen LogP contribution is 2.46. The molecule has 0 unspecified atom stereocenters. The standard InChI is InChI=1S/C25H33N3O3/c1-4-17-14-28(15-23(30)27-25(2,3)16-29)12-10-18(17)13-22(28)24(31)20-9-11-26-21-8-6-5-7-19(20)21/h4-9,11,17-18,22,24,29,31H,1,10,12-16H2,2-3H3/p+1/t17-,18-,22+,24-,28-/m0/s1. The number of nitrogens with zero attached hydrogens (tertiary/aromatic N) is 2. The van der Waals surface area contributed by atoms with Gasteiger partial charge in [-0.15, -0.1) is 6.58 Å². The predicted molar refractivity (Wildman–Crippen MR) is 121 cm³/mol. The van der Waals surface area contributed by atoms with E-state index in [1.165, 1.54) is 0 Å². The molecule has 3 fully saturated rings. The molecule has 3 saturated heterocycles. The molecule has 5 rings (SSSR count). The van der Waals surface area contributed by atoms with Gasteiger partial charge >= 0.3 is 0 Å². The lowest BCUT2D eigenvalue weighted by Crippen LogP contribution is -2.70. The second-order valence-corrected chi connectivity index (χ2v) is 9.99. The van der Waals surface area contributed by atoms with E-state index in [1.54, 1.807) is 6.20 Å². The van der Waals surface area contributed by atoms with E-state index in [-0.39, 0.29) is 18.6 Å². The van der Waals surface area contributed by atoms with Crippen molar-refractivity contribution in [3.8, 4) is 0 Å². The Morgan fingerprint density at radius 2 is 2.16 bits per heavy atom. The predicted octanol–water partition coefficient (Wildman–Crippen LogP) is 2.57. The Morgan fingerprint density at radius 3 is 2.90 bits per heavy atom. The van der Waals surface area contributed by atoms with Gasteiger partial charge in [-0.25, -0.2) is 0 Å².